The zero-order valence-corrected chi connectivity index (χ0v) is 7.60. The Kier molecular flexibility index (Phi) is 2.23. The lowest BCUT2D eigenvalue weighted by atomic mass is 10.1. The molecule has 3 nitrogen and oxygen atoms in total. The van der Waals surface area contributed by atoms with E-state index in [0.29, 0.717) is 6.42 Å². The highest BCUT2D eigenvalue weighted by atomic mass is 16.3. The lowest BCUT2D eigenvalue weighted by molar-refractivity contribution is -0.116. The number of aliphatic hydroxyl groups excluding tert-OH is 1. The summed E-state index contributed by atoms with van der Waals surface area (Å²) >= 11 is 0. The number of carbonyl (C=O) groups excluding carboxylic acids is 1. The van der Waals surface area contributed by atoms with Crippen molar-refractivity contribution in [3.8, 4) is 0 Å². The van der Waals surface area contributed by atoms with E-state index in [4.69, 9.17) is 0 Å². The Bertz CT molecular complexity index is 370. The third kappa shape index (κ3) is 1.76. The largest absolute Gasteiger partial charge is 0.510 e. The maximum atomic E-state index is 10.9. The van der Waals surface area contributed by atoms with E-state index in [1.165, 1.54) is 6.08 Å². The molecular formula is C11H11NO2. The molecule has 2 N–H and O–H groups in total. The second kappa shape index (κ2) is 3.54. The van der Waals surface area contributed by atoms with E-state index in [9.17, 15) is 9.90 Å². The number of carbonyl (C=O) groups is 1. The molecule has 1 aromatic rings. The second-order valence-electron chi connectivity index (χ2n) is 3.32. The molecule has 0 aliphatic carbocycles. The van der Waals surface area contributed by atoms with Gasteiger partial charge in [0.05, 0.1) is 6.04 Å². The molecule has 0 radical (unpaired) electrons. The maximum absolute atomic E-state index is 10.9. The molecule has 1 unspecified atom stereocenters. The van der Waals surface area contributed by atoms with Crippen molar-refractivity contribution < 1.29 is 9.90 Å². The van der Waals surface area contributed by atoms with Gasteiger partial charge in [-0.3, -0.25) is 4.79 Å². The fourth-order valence-electron chi connectivity index (χ4n) is 1.53. The van der Waals surface area contributed by atoms with Crippen molar-refractivity contribution in [1.29, 1.82) is 0 Å². The van der Waals surface area contributed by atoms with Crippen LogP contribution in [0.2, 0.25) is 0 Å². The normalized spacial score (nSPS) is 20.4. The van der Waals surface area contributed by atoms with Crippen LogP contribution in [0.5, 0.6) is 0 Å². The lowest BCUT2D eigenvalue weighted by Crippen LogP contribution is -2.30. The first-order valence-corrected chi connectivity index (χ1v) is 4.50. The Balaban J connectivity index is 2.07. The van der Waals surface area contributed by atoms with Gasteiger partial charge in [-0.2, -0.15) is 0 Å². The molecule has 0 spiro atoms. The minimum Gasteiger partial charge on any atom is -0.510 e. The molecule has 72 valence electrons. The van der Waals surface area contributed by atoms with Gasteiger partial charge in [0.15, 0.2) is 0 Å². The molecule has 0 bridgehead atoms. The van der Waals surface area contributed by atoms with E-state index < -0.39 is 0 Å². The van der Waals surface area contributed by atoms with Gasteiger partial charge in [-0.1, -0.05) is 30.3 Å². The minimum absolute atomic E-state index is 0.124. The Hall–Kier alpha value is -1.77. The predicted octanol–water partition coefficient (Wildman–Crippen LogP) is 1.17. The highest BCUT2D eigenvalue weighted by molar-refractivity contribution is 5.91. The zero-order chi connectivity index (χ0) is 9.97. The highest BCUT2D eigenvalue weighted by Crippen LogP contribution is 2.12. The first kappa shape index (κ1) is 8.81. The van der Waals surface area contributed by atoms with Gasteiger partial charge in [-0.05, 0) is 12.0 Å². The summed E-state index contributed by atoms with van der Waals surface area (Å²) in [6.07, 6.45) is 1.86. The van der Waals surface area contributed by atoms with Gasteiger partial charge in [0.1, 0.15) is 5.76 Å². The van der Waals surface area contributed by atoms with Gasteiger partial charge in [-0.25, -0.2) is 0 Å². The third-order valence-corrected chi connectivity index (χ3v) is 2.24. The molecule has 0 saturated carbocycles. The van der Waals surface area contributed by atoms with Crippen LogP contribution in [0, 0.1) is 0 Å². The topological polar surface area (TPSA) is 49.3 Å². The number of nitrogens with one attached hydrogen (secondary N) is 1. The first-order valence-electron chi connectivity index (χ1n) is 4.50. The Morgan fingerprint density at radius 3 is 2.57 bits per heavy atom. The number of aliphatic hydroxyl groups is 1. The Morgan fingerprint density at radius 2 is 2.00 bits per heavy atom. The van der Waals surface area contributed by atoms with Gasteiger partial charge in [0.2, 0.25) is 5.91 Å². The van der Waals surface area contributed by atoms with Gasteiger partial charge < -0.3 is 10.4 Å². The van der Waals surface area contributed by atoms with E-state index in [-0.39, 0.29) is 17.7 Å². The summed E-state index contributed by atoms with van der Waals surface area (Å²) < 4.78 is 0. The Labute approximate surface area is 82.1 Å². The van der Waals surface area contributed by atoms with Crippen molar-refractivity contribution in [3.05, 3.63) is 47.7 Å². The molecule has 1 amide bonds. The fraction of sp³-hybridized carbons (Fsp3) is 0.182. The van der Waals surface area contributed by atoms with Crippen molar-refractivity contribution in [2.24, 2.45) is 0 Å². The molecule has 0 aromatic heterocycles. The molecular weight excluding hydrogens is 178 g/mol. The standard InChI is InChI=1S/C11H11NO2/c13-10-7-11(14)12-9(10)6-8-4-2-1-3-5-8/h1-5,7,9,13H,6H2,(H,12,14). The number of amides is 1. The maximum Gasteiger partial charge on any atom is 0.248 e. The van der Waals surface area contributed by atoms with Crippen LogP contribution >= 0.6 is 0 Å². The molecule has 14 heavy (non-hydrogen) atoms. The number of benzene rings is 1. The predicted molar refractivity (Wildman–Crippen MR) is 52.8 cm³/mol. The fourth-order valence-corrected chi connectivity index (χ4v) is 1.53. The van der Waals surface area contributed by atoms with Crippen molar-refractivity contribution in [1.82, 2.24) is 5.32 Å². The molecule has 3 heteroatoms. The third-order valence-electron chi connectivity index (χ3n) is 2.24. The van der Waals surface area contributed by atoms with Crippen LogP contribution in [0.1, 0.15) is 5.56 Å². The zero-order valence-electron chi connectivity index (χ0n) is 7.60. The second-order valence-corrected chi connectivity index (χ2v) is 3.32. The SMILES string of the molecule is O=C1C=C(O)C(Cc2ccccc2)N1. The molecule has 1 aromatic carbocycles. The van der Waals surface area contributed by atoms with E-state index in [0.717, 1.165) is 5.56 Å². The summed E-state index contributed by atoms with van der Waals surface area (Å²) in [6.45, 7) is 0. The van der Waals surface area contributed by atoms with Gasteiger partial charge in [-0.15, -0.1) is 0 Å². The van der Waals surface area contributed by atoms with E-state index in [2.05, 4.69) is 5.32 Å². The van der Waals surface area contributed by atoms with Crippen LogP contribution in [0.15, 0.2) is 42.2 Å². The minimum atomic E-state index is -0.259. The smallest absolute Gasteiger partial charge is 0.248 e. The quantitative estimate of drug-likeness (QED) is 0.733. The van der Waals surface area contributed by atoms with Crippen LogP contribution in [0.3, 0.4) is 0 Å². The van der Waals surface area contributed by atoms with Crippen molar-refractivity contribution in [3.63, 3.8) is 0 Å². The van der Waals surface area contributed by atoms with Crippen LogP contribution in [0.25, 0.3) is 0 Å². The van der Waals surface area contributed by atoms with Crippen LogP contribution in [-0.4, -0.2) is 17.1 Å². The molecule has 2 rings (SSSR count). The summed E-state index contributed by atoms with van der Waals surface area (Å²) in [5.41, 5.74) is 1.10. The molecule has 1 aliphatic heterocycles. The first-order chi connectivity index (χ1) is 6.75. The van der Waals surface area contributed by atoms with E-state index in [1.54, 1.807) is 0 Å². The molecule has 0 fully saturated rings. The summed E-state index contributed by atoms with van der Waals surface area (Å²) in [4.78, 5) is 10.9. The van der Waals surface area contributed by atoms with Gasteiger partial charge >= 0.3 is 0 Å². The van der Waals surface area contributed by atoms with Crippen LogP contribution in [-0.2, 0) is 11.2 Å². The molecule has 1 atom stereocenters. The van der Waals surface area contributed by atoms with Gasteiger partial charge in [0, 0.05) is 6.08 Å². The number of hydrogen-bond donors (Lipinski definition) is 2. The summed E-state index contributed by atoms with van der Waals surface area (Å²) in [6, 6.07) is 9.49. The molecule has 1 aliphatic rings. The van der Waals surface area contributed by atoms with Crippen LogP contribution in [0.4, 0.5) is 0 Å². The Morgan fingerprint density at radius 1 is 1.29 bits per heavy atom. The van der Waals surface area contributed by atoms with Crippen LogP contribution < -0.4 is 5.32 Å². The molecule has 1 heterocycles. The average Bonchev–Trinajstić information content (AvgIpc) is 2.47. The summed E-state index contributed by atoms with van der Waals surface area (Å²) in [5.74, 6) is -0.0951. The van der Waals surface area contributed by atoms with Crippen molar-refractivity contribution >= 4 is 5.91 Å². The van der Waals surface area contributed by atoms with E-state index >= 15 is 0 Å². The number of rotatable bonds is 2. The average molecular weight is 189 g/mol. The van der Waals surface area contributed by atoms with Crippen molar-refractivity contribution in [2.75, 3.05) is 0 Å². The van der Waals surface area contributed by atoms with E-state index in [1.807, 2.05) is 30.3 Å². The lowest BCUT2D eigenvalue weighted by Gasteiger charge is -2.10. The van der Waals surface area contributed by atoms with Gasteiger partial charge in [0.25, 0.3) is 0 Å². The summed E-state index contributed by atoms with van der Waals surface area (Å²) in [5, 5.41) is 12.1. The molecule has 0 saturated heterocycles. The monoisotopic (exact) mass is 189 g/mol. The van der Waals surface area contributed by atoms with Crippen molar-refractivity contribution in [2.45, 2.75) is 12.5 Å². The highest BCUT2D eigenvalue weighted by Gasteiger charge is 2.22. The summed E-state index contributed by atoms with van der Waals surface area (Å²) in [7, 11) is 0. The number of hydrogen-bond acceptors (Lipinski definition) is 2.